The van der Waals surface area contributed by atoms with Crippen LogP contribution in [0.5, 0.6) is 0 Å². The van der Waals surface area contributed by atoms with E-state index in [2.05, 4.69) is 4.98 Å². The van der Waals surface area contributed by atoms with Gasteiger partial charge >= 0.3 is 11.1 Å². The molecule has 23 heavy (non-hydrogen) atoms. The van der Waals surface area contributed by atoms with Gasteiger partial charge in [-0.2, -0.15) is 0 Å². The summed E-state index contributed by atoms with van der Waals surface area (Å²) in [4.78, 5) is 41.1. The number of nitrogens with one attached hydrogen (secondary N) is 1. The lowest BCUT2D eigenvalue weighted by atomic mass is 10.0. The summed E-state index contributed by atoms with van der Waals surface area (Å²) in [5.41, 5.74) is 0.557. The number of rotatable bonds is 2. The average molecular weight is 313 g/mol. The number of fused-ring (bicyclic) bond motifs is 3. The number of hydrogen-bond acceptors (Lipinski definition) is 3. The van der Waals surface area contributed by atoms with Gasteiger partial charge in [0.2, 0.25) is 0 Å². The van der Waals surface area contributed by atoms with Gasteiger partial charge in [0, 0.05) is 24.2 Å². The number of carbonyl (C=O) groups excluding carboxylic acids is 1. The van der Waals surface area contributed by atoms with Crippen LogP contribution in [0.4, 0.5) is 0 Å². The Bertz CT molecular complexity index is 891. The van der Waals surface area contributed by atoms with E-state index in [9.17, 15) is 14.4 Å². The van der Waals surface area contributed by atoms with Gasteiger partial charge in [0.15, 0.2) is 0 Å². The maximum Gasteiger partial charge on any atom is 0.316 e. The van der Waals surface area contributed by atoms with Crippen LogP contribution in [0.15, 0.2) is 27.8 Å². The number of aromatic nitrogens is 2. The van der Waals surface area contributed by atoms with Crippen LogP contribution < -0.4 is 11.1 Å². The van der Waals surface area contributed by atoms with Crippen molar-refractivity contribution in [3.8, 4) is 0 Å². The fraction of sp³-hybridized carbons (Fsp3) is 0.471. The second kappa shape index (κ2) is 5.08. The zero-order valence-corrected chi connectivity index (χ0v) is 13.0. The number of aromatic amines is 1. The molecule has 2 fully saturated rings. The summed E-state index contributed by atoms with van der Waals surface area (Å²) < 4.78 is 1.43. The Morgan fingerprint density at radius 1 is 1.17 bits per heavy atom. The summed E-state index contributed by atoms with van der Waals surface area (Å²) in [6.45, 7) is 2.24. The smallest absolute Gasteiger partial charge is 0.316 e. The van der Waals surface area contributed by atoms with E-state index in [0.717, 1.165) is 25.7 Å². The zero-order valence-electron chi connectivity index (χ0n) is 13.0. The lowest BCUT2D eigenvalue weighted by molar-refractivity contribution is 0.0730. The van der Waals surface area contributed by atoms with Crippen molar-refractivity contribution in [3.05, 3.63) is 44.5 Å². The first-order chi connectivity index (χ1) is 11.1. The van der Waals surface area contributed by atoms with Crippen LogP contribution >= 0.6 is 0 Å². The van der Waals surface area contributed by atoms with E-state index >= 15 is 0 Å². The Hall–Kier alpha value is -2.37. The molecule has 0 radical (unpaired) electrons. The fourth-order valence-corrected chi connectivity index (χ4v) is 4.12. The first-order valence-electron chi connectivity index (χ1n) is 8.19. The molecule has 2 aliphatic rings. The van der Waals surface area contributed by atoms with Gasteiger partial charge in [-0.25, -0.2) is 0 Å². The second-order valence-corrected chi connectivity index (χ2v) is 6.41. The SMILES string of the molecule is CCn1c(=O)c(=O)[nH]c2cc(C(=O)N3C4CCC3CC4)ccc21. The molecule has 120 valence electrons. The van der Waals surface area contributed by atoms with E-state index in [4.69, 9.17) is 0 Å². The number of amides is 1. The molecule has 1 N–H and O–H groups in total. The van der Waals surface area contributed by atoms with E-state index < -0.39 is 11.1 Å². The topological polar surface area (TPSA) is 75.2 Å². The van der Waals surface area contributed by atoms with E-state index in [1.165, 1.54) is 4.57 Å². The molecular weight excluding hydrogens is 294 g/mol. The molecule has 6 heteroatoms. The van der Waals surface area contributed by atoms with Crippen LogP contribution in [-0.4, -0.2) is 32.4 Å². The predicted octanol–water partition coefficient (Wildman–Crippen LogP) is 1.48. The summed E-state index contributed by atoms with van der Waals surface area (Å²) in [6.07, 6.45) is 4.37. The van der Waals surface area contributed by atoms with Crippen LogP contribution in [-0.2, 0) is 6.54 Å². The molecule has 0 unspecified atom stereocenters. The summed E-state index contributed by atoms with van der Waals surface area (Å²) in [5, 5.41) is 0. The number of carbonyl (C=O) groups is 1. The van der Waals surface area contributed by atoms with Crippen molar-refractivity contribution in [1.82, 2.24) is 14.5 Å². The third-order valence-electron chi connectivity index (χ3n) is 5.23. The molecule has 3 heterocycles. The Kier molecular flexibility index (Phi) is 3.14. The van der Waals surface area contributed by atoms with Gasteiger partial charge in [0.05, 0.1) is 11.0 Å². The molecule has 0 spiro atoms. The van der Waals surface area contributed by atoms with Gasteiger partial charge in [-0.05, 0) is 50.8 Å². The maximum atomic E-state index is 12.8. The first kappa shape index (κ1) is 14.2. The van der Waals surface area contributed by atoms with E-state index in [0.29, 0.717) is 35.2 Å². The minimum Gasteiger partial charge on any atom is -0.333 e. The lowest BCUT2D eigenvalue weighted by Crippen LogP contribution is -2.37. The van der Waals surface area contributed by atoms with Crippen molar-refractivity contribution in [2.45, 2.75) is 51.2 Å². The lowest BCUT2D eigenvalue weighted by Gasteiger charge is -2.22. The summed E-state index contributed by atoms with van der Waals surface area (Å²) in [6, 6.07) is 5.94. The number of hydrogen-bond donors (Lipinski definition) is 1. The minimum atomic E-state index is -0.648. The van der Waals surface area contributed by atoms with Crippen LogP contribution in [0.1, 0.15) is 43.0 Å². The van der Waals surface area contributed by atoms with Gasteiger partial charge in [-0.15, -0.1) is 0 Å². The normalized spacial score (nSPS) is 22.9. The van der Waals surface area contributed by atoms with Crippen LogP contribution in [0, 0.1) is 0 Å². The molecule has 6 nitrogen and oxygen atoms in total. The van der Waals surface area contributed by atoms with Crippen LogP contribution in [0.2, 0.25) is 0 Å². The van der Waals surface area contributed by atoms with Crippen molar-refractivity contribution in [2.75, 3.05) is 0 Å². The van der Waals surface area contributed by atoms with Crippen molar-refractivity contribution in [1.29, 1.82) is 0 Å². The van der Waals surface area contributed by atoms with Gasteiger partial charge in [0.1, 0.15) is 0 Å². The maximum absolute atomic E-state index is 12.8. The van der Waals surface area contributed by atoms with E-state index in [1.54, 1.807) is 18.2 Å². The van der Waals surface area contributed by atoms with Gasteiger partial charge in [-0.3, -0.25) is 14.4 Å². The zero-order chi connectivity index (χ0) is 16.1. The highest BCUT2D eigenvalue weighted by atomic mass is 16.2. The molecule has 0 atom stereocenters. The molecule has 0 saturated carbocycles. The van der Waals surface area contributed by atoms with Crippen LogP contribution in [0.25, 0.3) is 11.0 Å². The molecule has 1 aromatic heterocycles. The highest BCUT2D eigenvalue weighted by Gasteiger charge is 2.42. The van der Waals surface area contributed by atoms with E-state index in [-0.39, 0.29) is 5.91 Å². The molecule has 1 aromatic carbocycles. The standard InChI is InChI=1S/C17H19N3O3/c1-2-19-14-8-3-10(9-13(14)18-15(21)17(19)23)16(22)20-11-4-5-12(20)7-6-11/h3,8-9,11-12H,2,4-7H2,1H3,(H,18,21). The molecular formula is C17H19N3O3. The molecule has 2 aromatic rings. The number of nitrogens with zero attached hydrogens (tertiary/aromatic N) is 2. The third-order valence-corrected chi connectivity index (χ3v) is 5.23. The first-order valence-corrected chi connectivity index (χ1v) is 8.19. The van der Waals surface area contributed by atoms with Gasteiger partial charge < -0.3 is 14.5 Å². The molecule has 4 rings (SSSR count). The van der Waals surface area contributed by atoms with Gasteiger partial charge in [-0.1, -0.05) is 0 Å². The summed E-state index contributed by atoms with van der Waals surface area (Å²) >= 11 is 0. The average Bonchev–Trinajstić information content (AvgIpc) is 3.15. The van der Waals surface area contributed by atoms with Crippen molar-refractivity contribution in [3.63, 3.8) is 0 Å². The third kappa shape index (κ3) is 2.04. The number of benzene rings is 1. The second-order valence-electron chi connectivity index (χ2n) is 6.41. The van der Waals surface area contributed by atoms with Gasteiger partial charge in [0.25, 0.3) is 5.91 Å². The molecule has 0 aliphatic carbocycles. The largest absolute Gasteiger partial charge is 0.333 e. The minimum absolute atomic E-state index is 0.0343. The monoisotopic (exact) mass is 313 g/mol. The molecule has 2 bridgehead atoms. The Morgan fingerprint density at radius 2 is 1.83 bits per heavy atom. The van der Waals surface area contributed by atoms with Crippen molar-refractivity contribution >= 4 is 16.9 Å². The van der Waals surface area contributed by atoms with Crippen LogP contribution in [0.3, 0.4) is 0 Å². The highest BCUT2D eigenvalue weighted by Crippen LogP contribution is 2.38. The fourth-order valence-electron chi connectivity index (χ4n) is 4.12. The number of aryl methyl sites for hydroxylation is 1. The number of H-pyrrole nitrogens is 1. The summed E-state index contributed by atoms with van der Waals surface area (Å²) in [5.74, 6) is 0.0343. The van der Waals surface area contributed by atoms with Crippen molar-refractivity contribution in [2.24, 2.45) is 0 Å². The highest BCUT2D eigenvalue weighted by molar-refractivity contribution is 5.98. The quantitative estimate of drug-likeness (QED) is 0.853. The Labute approximate surface area is 132 Å². The summed E-state index contributed by atoms with van der Waals surface area (Å²) in [7, 11) is 0. The molecule has 1 amide bonds. The molecule has 2 aliphatic heterocycles. The van der Waals surface area contributed by atoms with Crippen molar-refractivity contribution < 1.29 is 4.79 Å². The Balaban J connectivity index is 1.80. The molecule has 2 saturated heterocycles. The van der Waals surface area contributed by atoms with E-state index in [1.807, 2.05) is 11.8 Å². The predicted molar refractivity (Wildman–Crippen MR) is 86.7 cm³/mol. The Morgan fingerprint density at radius 3 is 2.43 bits per heavy atom.